The molecule has 2 rings (SSSR count). The van der Waals surface area contributed by atoms with Gasteiger partial charge in [0.1, 0.15) is 12.1 Å². The van der Waals surface area contributed by atoms with E-state index in [0.29, 0.717) is 4.96 Å². The molecule has 8 heteroatoms. The van der Waals surface area contributed by atoms with E-state index in [2.05, 4.69) is 4.98 Å². The number of fused-ring (bicyclic) bond motifs is 1. The van der Waals surface area contributed by atoms with Gasteiger partial charge < -0.3 is 9.64 Å². The second kappa shape index (κ2) is 5.83. The normalized spacial score (nSPS) is 10.5. The van der Waals surface area contributed by atoms with Crippen molar-refractivity contribution >= 4 is 28.2 Å². The SMILES string of the molecule is CCOC(=O)CN(C)C(=O)c1cnc2sccn2c1=O. The Kier molecular flexibility index (Phi) is 4.14. The van der Waals surface area contributed by atoms with Crippen molar-refractivity contribution in [2.45, 2.75) is 6.92 Å². The van der Waals surface area contributed by atoms with Crippen LogP contribution in [-0.2, 0) is 9.53 Å². The summed E-state index contributed by atoms with van der Waals surface area (Å²) >= 11 is 1.30. The van der Waals surface area contributed by atoms with Gasteiger partial charge in [-0.15, -0.1) is 11.3 Å². The number of esters is 1. The number of nitrogens with zero attached hydrogens (tertiary/aromatic N) is 3. The van der Waals surface area contributed by atoms with Gasteiger partial charge in [0.2, 0.25) is 0 Å². The molecule has 0 spiro atoms. The highest BCUT2D eigenvalue weighted by Crippen LogP contribution is 2.06. The van der Waals surface area contributed by atoms with Gasteiger partial charge in [-0.2, -0.15) is 0 Å². The summed E-state index contributed by atoms with van der Waals surface area (Å²) in [6.07, 6.45) is 2.79. The van der Waals surface area contributed by atoms with Gasteiger partial charge >= 0.3 is 5.97 Å². The summed E-state index contributed by atoms with van der Waals surface area (Å²) in [7, 11) is 1.43. The quantitative estimate of drug-likeness (QED) is 0.762. The molecule has 0 aliphatic carbocycles. The Labute approximate surface area is 118 Å². The molecule has 0 saturated carbocycles. The zero-order chi connectivity index (χ0) is 14.7. The maximum absolute atomic E-state index is 12.1. The van der Waals surface area contributed by atoms with E-state index >= 15 is 0 Å². The van der Waals surface area contributed by atoms with Crippen LogP contribution in [0.4, 0.5) is 0 Å². The number of aromatic nitrogens is 2. The second-order valence-electron chi connectivity index (χ2n) is 4.00. The van der Waals surface area contributed by atoms with Crippen LogP contribution in [0.2, 0.25) is 0 Å². The third-order valence-corrected chi connectivity index (χ3v) is 3.36. The molecule has 1 amide bonds. The maximum Gasteiger partial charge on any atom is 0.325 e. The van der Waals surface area contributed by atoms with Crippen LogP contribution in [0, 0.1) is 0 Å². The minimum absolute atomic E-state index is 0.0762. The molecule has 2 aromatic heterocycles. The van der Waals surface area contributed by atoms with Gasteiger partial charge in [-0.25, -0.2) is 4.98 Å². The topological polar surface area (TPSA) is 81.0 Å². The highest BCUT2D eigenvalue weighted by Gasteiger charge is 2.20. The summed E-state index contributed by atoms with van der Waals surface area (Å²) < 4.78 is 6.06. The van der Waals surface area contributed by atoms with Crippen LogP contribution < -0.4 is 5.56 Å². The van der Waals surface area contributed by atoms with Crippen molar-refractivity contribution in [2.24, 2.45) is 0 Å². The predicted molar refractivity (Wildman–Crippen MR) is 72.9 cm³/mol. The standard InChI is InChI=1S/C12H13N3O4S/c1-3-19-9(16)7-14(2)10(17)8-6-13-12-15(11(8)18)4-5-20-12/h4-6H,3,7H2,1-2H3. The van der Waals surface area contributed by atoms with Crippen molar-refractivity contribution in [3.05, 3.63) is 33.7 Å². The van der Waals surface area contributed by atoms with Crippen LogP contribution in [0.25, 0.3) is 4.96 Å². The highest BCUT2D eigenvalue weighted by atomic mass is 32.1. The number of likely N-dealkylation sites (N-methyl/N-ethyl adjacent to an activating group) is 1. The molecule has 0 bridgehead atoms. The molecule has 7 nitrogen and oxygen atoms in total. The lowest BCUT2D eigenvalue weighted by molar-refractivity contribution is -0.143. The fourth-order valence-electron chi connectivity index (χ4n) is 1.65. The van der Waals surface area contributed by atoms with E-state index in [1.54, 1.807) is 18.5 Å². The van der Waals surface area contributed by atoms with Crippen LogP contribution >= 0.6 is 11.3 Å². The molecular formula is C12H13N3O4S. The number of carbonyl (C=O) groups excluding carboxylic acids is 2. The molecule has 0 aromatic carbocycles. The average Bonchev–Trinajstić information content (AvgIpc) is 2.88. The molecule has 0 aliphatic heterocycles. The lowest BCUT2D eigenvalue weighted by Crippen LogP contribution is -2.36. The fourth-order valence-corrected chi connectivity index (χ4v) is 2.32. The number of amides is 1. The van der Waals surface area contributed by atoms with Crippen LogP contribution in [0.3, 0.4) is 0 Å². The van der Waals surface area contributed by atoms with E-state index in [9.17, 15) is 14.4 Å². The van der Waals surface area contributed by atoms with E-state index in [-0.39, 0.29) is 18.7 Å². The molecule has 20 heavy (non-hydrogen) atoms. The van der Waals surface area contributed by atoms with Gasteiger partial charge in [-0.05, 0) is 6.92 Å². The van der Waals surface area contributed by atoms with Crippen molar-refractivity contribution in [2.75, 3.05) is 20.2 Å². The Morgan fingerprint density at radius 3 is 2.95 bits per heavy atom. The summed E-state index contributed by atoms with van der Waals surface area (Å²) in [5.41, 5.74) is -0.523. The van der Waals surface area contributed by atoms with Crippen LogP contribution in [0.5, 0.6) is 0 Å². The highest BCUT2D eigenvalue weighted by molar-refractivity contribution is 7.15. The summed E-state index contributed by atoms with van der Waals surface area (Å²) in [5.74, 6) is -1.08. The van der Waals surface area contributed by atoms with Crippen LogP contribution in [0.15, 0.2) is 22.6 Å². The van der Waals surface area contributed by atoms with Crippen LogP contribution in [0.1, 0.15) is 17.3 Å². The molecular weight excluding hydrogens is 282 g/mol. The maximum atomic E-state index is 12.1. The third kappa shape index (κ3) is 2.69. The number of ether oxygens (including phenoxy) is 1. The molecule has 0 atom stereocenters. The minimum Gasteiger partial charge on any atom is -0.465 e. The molecule has 0 unspecified atom stereocenters. The van der Waals surface area contributed by atoms with Crippen molar-refractivity contribution in [3.8, 4) is 0 Å². The number of rotatable bonds is 4. The number of hydrogen-bond acceptors (Lipinski definition) is 6. The zero-order valence-corrected chi connectivity index (χ0v) is 11.8. The molecule has 0 fully saturated rings. The van der Waals surface area contributed by atoms with Gasteiger partial charge in [-0.3, -0.25) is 18.8 Å². The molecule has 2 heterocycles. The molecule has 0 saturated heterocycles. The first kappa shape index (κ1) is 14.2. The van der Waals surface area contributed by atoms with E-state index in [0.717, 1.165) is 4.90 Å². The monoisotopic (exact) mass is 295 g/mol. The first-order valence-electron chi connectivity index (χ1n) is 5.90. The van der Waals surface area contributed by atoms with Gasteiger partial charge in [0, 0.05) is 24.8 Å². The average molecular weight is 295 g/mol. The van der Waals surface area contributed by atoms with Crippen molar-refractivity contribution in [1.29, 1.82) is 0 Å². The third-order valence-electron chi connectivity index (χ3n) is 2.59. The van der Waals surface area contributed by atoms with Gasteiger partial charge in [0.05, 0.1) is 6.61 Å². The second-order valence-corrected chi connectivity index (χ2v) is 4.87. The first-order chi connectivity index (χ1) is 9.54. The summed E-state index contributed by atoms with van der Waals surface area (Å²) in [4.78, 5) is 41.3. The van der Waals surface area contributed by atoms with Crippen LogP contribution in [-0.4, -0.2) is 46.4 Å². The lowest BCUT2D eigenvalue weighted by atomic mass is 10.3. The predicted octanol–water partition coefficient (Wildman–Crippen LogP) is 0.391. The van der Waals surface area contributed by atoms with E-state index in [1.165, 1.54) is 29.0 Å². The summed E-state index contributed by atoms with van der Waals surface area (Å²) in [5, 5.41) is 1.71. The number of hydrogen-bond donors (Lipinski definition) is 0. The lowest BCUT2D eigenvalue weighted by Gasteiger charge is -2.15. The Balaban J connectivity index is 2.24. The molecule has 0 N–H and O–H groups in total. The zero-order valence-electron chi connectivity index (χ0n) is 11.0. The molecule has 0 aliphatic rings. The Morgan fingerprint density at radius 1 is 1.50 bits per heavy atom. The van der Waals surface area contributed by atoms with E-state index in [1.807, 2.05) is 0 Å². The smallest absolute Gasteiger partial charge is 0.325 e. The molecule has 106 valence electrons. The molecule has 0 radical (unpaired) electrons. The van der Waals surface area contributed by atoms with Gasteiger partial charge in [0.25, 0.3) is 11.5 Å². The van der Waals surface area contributed by atoms with Gasteiger partial charge in [-0.1, -0.05) is 0 Å². The molecule has 2 aromatic rings. The Bertz CT molecular complexity index is 706. The van der Waals surface area contributed by atoms with E-state index in [4.69, 9.17) is 4.74 Å². The fraction of sp³-hybridized carbons (Fsp3) is 0.333. The Hall–Kier alpha value is -2.22. The largest absolute Gasteiger partial charge is 0.465 e. The van der Waals surface area contributed by atoms with Crippen molar-refractivity contribution in [3.63, 3.8) is 0 Å². The number of carbonyl (C=O) groups is 2. The minimum atomic E-state index is -0.559. The van der Waals surface area contributed by atoms with Crippen molar-refractivity contribution < 1.29 is 14.3 Å². The summed E-state index contributed by atoms with van der Waals surface area (Å²) in [6, 6.07) is 0. The number of thiazole rings is 1. The van der Waals surface area contributed by atoms with Gasteiger partial charge in [0.15, 0.2) is 4.96 Å². The Morgan fingerprint density at radius 2 is 2.25 bits per heavy atom. The first-order valence-corrected chi connectivity index (χ1v) is 6.78. The summed E-state index contributed by atoms with van der Waals surface area (Å²) in [6.45, 7) is 1.71. The van der Waals surface area contributed by atoms with Crippen molar-refractivity contribution in [1.82, 2.24) is 14.3 Å². The van der Waals surface area contributed by atoms with E-state index < -0.39 is 17.4 Å².